The number of fused-ring (bicyclic) bond motifs is 2. The van der Waals surface area contributed by atoms with Crippen molar-refractivity contribution in [1.29, 1.82) is 0 Å². The molecule has 148 valence electrons. The Labute approximate surface area is 176 Å². The summed E-state index contributed by atoms with van der Waals surface area (Å²) >= 11 is 0. The summed E-state index contributed by atoms with van der Waals surface area (Å²) in [6.07, 6.45) is 2.87. The molecule has 1 aliphatic carbocycles. The van der Waals surface area contributed by atoms with Crippen LogP contribution in [0.3, 0.4) is 0 Å². The van der Waals surface area contributed by atoms with Crippen molar-refractivity contribution in [2.45, 2.75) is 25.1 Å². The quantitative estimate of drug-likeness (QED) is 0.488. The molecule has 1 heterocycles. The van der Waals surface area contributed by atoms with E-state index >= 15 is 0 Å². The van der Waals surface area contributed by atoms with Crippen LogP contribution in [0.5, 0.6) is 0 Å². The summed E-state index contributed by atoms with van der Waals surface area (Å²) in [6, 6.07) is 24.0. The minimum Gasteiger partial charge on any atom is -0.375 e. The minimum atomic E-state index is 0. The van der Waals surface area contributed by atoms with Crippen LogP contribution in [0.1, 0.15) is 22.8 Å². The van der Waals surface area contributed by atoms with Gasteiger partial charge >= 0.3 is 0 Å². The average Bonchev–Trinajstić information content (AvgIpc) is 3.35. The number of methoxy groups -OCH3 is 1. The Hall–Kier alpha value is -2.66. The number of hydrogen-bond acceptors (Lipinski definition) is 3. The number of rotatable bonds is 5. The smallest absolute Gasteiger partial charge is 0.0980 e. The third kappa shape index (κ3) is 3.79. The molecular weight excluding hydrogens is 382 g/mol. The second-order valence-electron chi connectivity index (χ2n) is 7.38. The highest BCUT2D eigenvalue weighted by atomic mass is 35.5. The van der Waals surface area contributed by atoms with Gasteiger partial charge in [0.05, 0.1) is 23.5 Å². The summed E-state index contributed by atoms with van der Waals surface area (Å²) in [6.45, 7) is 0.831. The summed E-state index contributed by atoms with van der Waals surface area (Å²) in [5.74, 6) is 0. The predicted octanol–water partition coefficient (Wildman–Crippen LogP) is 5.05. The Kier molecular flexibility index (Phi) is 5.67. The first-order valence-electron chi connectivity index (χ1n) is 9.68. The molecule has 0 spiro atoms. The van der Waals surface area contributed by atoms with Crippen LogP contribution in [0.2, 0.25) is 0 Å². The summed E-state index contributed by atoms with van der Waals surface area (Å²) in [7, 11) is 1.80. The third-order valence-electron chi connectivity index (χ3n) is 5.70. The van der Waals surface area contributed by atoms with Gasteiger partial charge in [0.25, 0.3) is 0 Å². The van der Waals surface area contributed by atoms with Crippen molar-refractivity contribution in [2.75, 3.05) is 7.11 Å². The fourth-order valence-corrected chi connectivity index (χ4v) is 4.20. The molecule has 0 saturated heterocycles. The van der Waals surface area contributed by atoms with Crippen molar-refractivity contribution in [3.05, 3.63) is 89.7 Å². The Morgan fingerprint density at radius 3 is 2.66 bits per heavy atom. The summed E-state index contributed by atoms with van der Waals surface area (Å²) < 4.78 is 5.77. The highest BCUT2D eigenvalue weighted by Crippen LogP contribution is 2.33. The Morgan fingerprint density at radius 2 is 1.83 bits per heavy atom. The van der Waals surface area contributed by atoms with Gasteiger partial charge in [0.15, 0.2) is 0 Å². The zero-order valence-corrected chi connectivity index (χ0v) is 17.1. The lowest BCUT2D eigenvalue weighted by atomic mass is 10.0. The van der Waals surface area contributed by atoms with E-state index in [0.717, 1.165) is 24.0 Å². The van der Waals surface area contributed by atoms with Gasteiger partial charge in [-0.25, -0.2) is 4.98 Å². The molecule has 4 nitrogen and oxygen atoms in total. The molecule has 5 rings (SSSR count). The maximum atomic E-state index is 5.77. The molecule has 0 amide bonds. The maximum Gasteiger partial charge on any atom is 0.0980 e. The van der Waals surface area contributed by atoms with Gasteiger partial charge in [-0.2, -0.15) is 0 Å². The topological polar surface area (TPSA) is 49.9 Å². The first-order valence-corrected chi connectivity index (χ1v) is 9.68. The van der Waals surface area contributed by atoms with Gasteiger partial charge in [-0.1, -0.05) is 54.6 Å². The third-order valence-corrected chi connectivity index (χ3v) is 5.70. The fourth-order valence-electron chi connectivity index (χ4n) is 4.20. The number of nitrogens with one attached hydrogen (secondary N) is 2. The van der Waals surface area contributed by atoms with Gasteiger partial charge in [0.2, 0.25) is 0 Å². The molecule has 0 bridgehead atoms. The van der Waals surface area contributed by atoms with E-state index < -0.39 is 0 Å². The average molecular weight is 406 g/mol. The first kappa shape index (κ1) is 19.6. The largest absolute Gasteiger partial charge is 0.375 e. The lowest BCUT2D eigenvalue weighted by Gasteiger charge is -2.20. The molecule has 2 N–H and O–H groups in total. The van der Waals surface area contributed by atoms with Gasteiger partial charge in [-0.15, -0.1) is 12.4 Å². The molecule has 4 aromatic rings. The number of ether oxygens (including phenoxy) is 1. The molecule has 0 aliphatic heterocycles. The van der Waals surface area contributed by atoms with E-state index in [9.17, 15) is 0 Å². The summed E-state index contributed by atoms with van der Waals surface area (Å²) in [4.78, 5) is 7.49. The van der Waals surface area contributed by atoms with Gasteiger partial charge in [-0.05, 0) is 46.4 Å². The van der Waals surface area contributed by atoms with Crippen LogP contribution >= 0.6 is 12.4 Å². The van der Waals surface area contributed by atoms with Crippen molar-refractivity contribution >= 4 is 23.4 Å². The Balaban J connectivity index is 0.00000205. The van der Waals surface area contributed by atoms with Crippen molar-refractivity contribution < 1.29 is 4.74 Å². The number of aromatic amines is 1. The van der Waals surface area contributed by atoms with Crippen LogP contribution in [-0.4, -0.2) is 23.1 Å². The SMILES string of the molecule is COC1c2ccccc2CC1NCc1ccc(-c2ccc3[nH]cnc3c2)cc1.Cl. The molecule has 5 heteroatoms. The lowest BCUT2D eigenvalue weighted by Crippen LogP contribution is -2.33. The van der Waals surface area contributed by atoms with Crippen molar-refractivity contribution in [2.24, 2.45) is 0 Å². The Morgan fingerprint density at radius 1 is 1.03 bits per heavy atom. The molecular formula is C24H24ClN3O. The van der Waals surface area contributed by atoms with Crippen LogP contribution in [0.4, 0.5) is 0 Å². The van der Waals surface area contributed by atoms with Crippen LogP contribution in [0.15, 0.2) is 73.1 Å². The standard InChI is InChI=1S/C24H23N3O.ClH/c1-28-24-20-5-3-2-4-19(20)13-23(24)25-14-16-6-8-17(9-7-16)18-10-11-21-22(12-18)27-15-26-21;/h2-12,15,23-25H,13-14H2,1H3,(H,26,27);1H. The van der Waals surface area contributed by atoms with Gasteiger partial charge in [0, 0.05) is 19.7 Å². The van der Waals surface area contributed by atoms with E-state index in [1.807, 2.05) is 0 Å². The number of nitrogens with zero attached hydrogens (tertiary/aromatic N) is 1. The van der Waals surface area contributed by atoms with E-state index in [0.29, 0.717) is 6.04 Å². The predicted molar refractivity (Wildman–Crippen MR) is 119 cm³/mol. The minimum absolute atomic E-state index is 0. The van der Waals surface area contributed by atoms with E-state index in [1.165, 1.54) is 27.8 Å². The van der Waals surface area contributed by atoms with Crippen molar-refractivity contribution in [3.63, 3.8) is 0 Å². The molecule has 29 heavy (non-hydrogen) atoms. The van der Waals surface area contributed by atoms with Crippen molar-refractivity contribution in [3.8, 4) is 11.1 Å². The number of benzene rings is 3. The molecule has 1 aromatic heterocycles. The number of aromatic nitrogens is 2. The number of hydrogen-bond donors (Lipinski definition) is 2. The maximum absolute atomic E-state index is 5.77. The van der Waals surface area contributed by atoms with E-state index in [4.69, 9.17) is 4.74 Å². The highest BCUT2D eigenvalue weighted by Gasteiger charge is 2.31. The molecule has 0 radical (unpaired) electrons. The van der Waals surface area contributed by atoms with E-state index in [1.54, 1.807) is 13.4 Å². The molecule has 2 atom stereocenters. The molecule has 0 fully saturated rings. The van der Waals surface area contributed by atoms with E-state index in [-0.39, 0.29) is 18.5 Å². The van der Waals surface area contributed by atoms with Gasteiger partial charge in [-0.3, -0.25) is 0 Å². The van der Waals surface area contributed by atoms with E-state index in [2.05, 4.69) is 82.0 Å². The van der Waals surface area contributed by atoms with Crippen LogP contribution < -0.4 is 5.32 Å². The second kappa shape index (κ2) is 8.37. The summed E-state index contributed by atoms with van der Waals surface area (Å²) in [5.41, 5.74) is 8.42. The molecule has 2 unspecified atom stereocenters. The van der Waals surface area contributed by atoms with Crippen LogP contribution in [-0.2, 0) is 17.7 Å². The van der Waals surface area contributed by atoms with Crippen LogP contribution in [0.25, 0.3) is 22.2 Å². The summed E-state index contributed by atoms with van der Waals surface area (Å²) in [5, 5.41) is 3.69. The van der Waals surface area contributed by atoms with Gasteiger partial charge < -0.3 is 15.0 Å². The highest BCUT2D eigenvalue weighted by molar-refractivity contribution is 5.85. The lowest BCUT2D eigenvalue weighted by molar-refractivity contribution is 0.0777. The second-order valence-corrected chi connectivity index (χ2v) is 7.38. The normalized spacial score (nSPS) is 17.8. The fraction of sp³-hybridized carbons (Fsp3) is 0.208. The van der Waals surface area contributed by atoms with Gasteiger partial charge in [0.1, 0.15) is 0 Å². The Bertz CT molecular complexity index is 1110. The van der Waals surface area contributed by atoms with Crippen molar-refractivity contribution in [1.82, 2.24) is 15.3 Å². The number of halogens is 1. The zero-order valence-electron chi connectivity index (χ0n) is 16.3. The number of H-pyrrole nitrogens is 1. The number of imidazole rings is 1. The van der Waals surface area contributed by atoms with Crippen LogP contribution in [0, 0.1) is 0 Å². The molecule has 3 aromatic carbocycles. The monoisotopic (exact) mass is 405 g/mol. The first-order chi connectivity index (χ1) is 13.8. The molecule has 1 aliphatic rings. The molecule has 0 saturated carbocycles. The zero-order chi connectivity index (χ0) is 18.9.